The third-order valence-electron chi connectivity index (χ3n) is 5.97. The summed E-state index contributed by atoms with van der Waals surface area (Å²) in [6.07, 6.45) is -0.474. The first kappa shape index (κ1) is 28.3. The van der Waals surface area contributed by atoms with E-state index in [2.05, 4.69) is 20.8 Å². The van der Waals surface area contributed by atoms with Gasteiger partial charge >= 0.3 is 5.97 Å². The standard InChI is InChI=1S/C30H34F2O5/c1-30(2,3)29(36-17-16-35-4)24-18-20(12-14-22(24)23-9-5-6-10-25(23)31)19-37-26-11-7-8-21(28(26)32)13-15-27(33)34/h5-12,14,18,29H,13,15-17,19H2,1-4H3,(H,33,34). The average molecular weight is 513 g/mol. The Hall–Kier alpha value is -3.29. The molecule has 0 bridgehead atoms. The highest BCUT2D eigenvalue weighted by atomic mass is 19.1. The summed E-state index contributed by atoms with van der Waals surface area (Å²) in [5.41, 5.74) is 2.70. The zero-order valence-corrected chi connectivity index (χ0v) is 21.7. The molecule has 0 saturated carbocycles. The maximum absolute atomic E-state index is 14.9. The van der Waals surface area contributed by atoms with E-state index in [9.17, 15) is 13.6 Å². The van der Waals surface area contributed by atoms with Crippen LogP contribution in [0.4, 0.5) is 8.78 Å². The largest absolute Gasteiger partial charge is 0.486 e. The lowest BCUT2D eigenvalue weighted by atomic mass is 9.81. The molecule has 0 spiro atoms. The highest BCUT2D eigenvalue weighted by molar-refractivity contribution is 5.69. The number of methoxy groups -OCH3 is 1. The van der Waals surface area contributed by atoms with Crippen molar-refractivity contribution in [2.45, 2.75) is 46.3 Å². The van der Waals surface area contributed by atoms with Gasteiger partial charge < -0.3 is 19.3 Å². The molecule has 0 heterocycles. The smallest absolute Gasteiger partial charge is 0.303 e. The molecule has 0 aliphatic rings. The quantitative estimate of drug-likeness (QED) is 0.265. The molecule has 1 N–H and O–H groups in total. The zero-order valence-electron chi connectivity index (χ0n) is 21.7. The van der Waals surface area contributed by atoms with Crippen molar-refractivity contribution < 1.29 is 32.9 Å². The molecule has 198 valence electrons. The van der Waals surface area contributed by atoms with Gasteiger partial charge in [0.15, 0.2) is 11.6 Å². The summed E-state index contributed by atoms with van der Waals surface area (Å²) in [6.45, 7) is 7.01. The van der Waals surface area contributed by atoms with E-state index in [1.165, 1.54) is 12.1 Å². The number of aryl methyl sites for hydroxylation is 1. The molecule has 3 aromatic rings. The fourth-order valence-electron chi connectivity index (χ4n) is 4.16. The van der Waals surface area contributed by atoms with Crippen molar-refractivity contribution >= 4 is 5.97 Å². The highest BCUT2D eigenvalue weighted by Gasteiger charge is 2.30. The van der Waals surface area contributed by atoms with Gasteiger partial charge in [-0.1, -0.05) is 63.2 Å². The number of hydrogen-bond acceptors (Lipinski definition) is 4. The summed E-state index contributed by atoms with van der Waals surface area (Å²) < 4.78 is 46.9. The van der Waals surface area contributed by atoms with Crippen LogP contribution in [0.5, 0.6) is 5.75 Å². The lowest BCUT2D eigenvalue weighted by molar-refractivity contribution is -0.136. The van der Waals surface area contributed by atoms with Gasteiger partial charge in [-0.25, -0.2) is 8.78 Å². The number of carboxylic acid groups (broad SMARTS) is 1. The minimum Gasteiger partial charge on any atom is -0.486 e. The third-order valence-corrected chi connectivity index (χ3v) is 5.97. The number of halogens is 2. The van der Waals surface area contributed by atoms with E-state index < -0.39 is 11.8 Å². The second kappa shape index (κ2) is 12.8. The predicted molar refractivity (Wildman–Crippen MR) is 139 cm³/mol. The molecule has 0 aromatic heterocycles. The summed E-state index contributed by atoms with van der Waals surface area (Å²) in [5.74, 6) is -1.85. The first-order valence-electron chi connectivity index (χ1n) is 12.2. The number of carboxylic acids is 1. The molecule has 3 aromatic carbocycles. The van der Waals surface area contributed by atoms with Gasteiger partial charge in [0.1, 0.15) is 12.4 Å². The molecule has 37 heavy (non-hydrogen) atoms. The molecule has 0 fully saturated rings. The fraction of sp³-hybridized carbons (Fsp3) is 0.367. The Kier molecular flexibility index (Phi) is 9.78. The predicted octanol–water partition coefficient (Wildman–Crippen LogP) is 6.98. The monoisotopic (exact) mass is 512 g/mol. The first-order chi connectivity index (χ1) is 17.6. The Labute approximate surface area is 217 Å². The van der Waals surface area contributed by atoms with Crippen LogP contribution in [0, 0.1) is 17.0 Å². The van der Waals surface area contributed by atoms with Crippen LogP contribution in [0.1, 0.15) is 50.0 Å². The Morgan fingerprint density at radius 2 is 1.73 bits per heavy atom. The molecule has 0 saturated heterocycles. The average Bonchev–Trinajstić information content (AvgIpc) is 2.85. The van der Waals surface area contributed by atoms with Crippen molar-refractivity contribution in [3.63, 3.8) is 0 Å². The van der Waals surface area contributed by atoms with Crippen LogP contribution in [0.3, 0.4) is 0 Å². The minimum absolute atomic E-state index is 0.0475. The van der Waals surface area contributed by atoms with Gasteiger partial charge in [0.2, 0.25) is 0 Å². The molecule has 1 atom stereocenters. The number of rotatable bonds is 12. The van der Waals surface area contributed by atoms with Crippen molar-refractivity contribution in [2.75, 3.05) is 20.3 Å². The number of ether oxygens (including phenoxy) is 3. The van der Waals surface area contributed by atoms with Crippen LogP contribution in [0.2, 0.25) is 0 Å². The van der Waals surface area contributed by atoms with Gasteiger partial charge in [0.05, 0.1) is 19.3 Å². The summed E-state index contributed by atoms with van der Waals surface area (Å²) in [5, 5.41) is 8.91. The summed E-state index contributed by atoms with van der Waals surface area (Å²) >= 11 is 0. The van der Waals surface area contributed by atoms with E-state index in [1.807, 2.05) is 18.2 Å². The fourth-order valence-corrected chi connectivity index (χ4v) is 4.16. The SMILES string of the molecule is COCCOC(c1cc(COc2cccc(CCC(=O)O)c2F)ccc1-c1ccccc1F)C(C)(C)C. The number of hydrogen-bond donors (Lipinski definition) is 1. The Bertz CT molecular complexity index is 1200. The van der Waals surface area contributed by atoms with E-state index in [0.29, 0.717) is 24.3 Å². The highest BCUT2D eigenvalue weighted by Crippen LogP contribution is 2.42. The van der Waals surface area contributed by atoms with Crippen LogP contribution < -0.4 is 4.74 Å². The van der Waals surface area contributed by atoms with Gasteiger partial charge in [0, 0.05) is 19.1 Å². The van der Waals surface area contributed by atoms with Crippen molar-refractivity contribution in [2.24, 2.45) is 5.41 Å². The molecular formula is C30H34F2O5. The molecule has 5 nitrogen and oxygen atoms in total. The van der Waals surface area contributed by atoms with Gasteiger partial charge in [-0.15, -0.1) is 0 Å². The van der Waals surface area contributed by atoms with E-state index in [-0.39, 0.29) is 48.1 Å². The van der Waals surface area contributed by atoms with Gasteiger partial charge in [-0.2, -0.15) is 0 Å². The van der Waals surface area contributed by atoms with Crippen molar-refractivity contribution in [3.05, 3.63) is 89.0 Å². The maximum atomic E-state index is 14.9. The second-order valence-electron chi connectivity index (χ2n) is 9.92. The van der Waals surface area contributed by atoms with Crippen LogP contribution in [0.15, 0.2) is 60.7 Å². The molecule has 0 aliphatic carbocycles. The number of carbonyl (C=O) groups is 1. The van der Waals surface area contributed by atoms with E-state index in [4.69, 9.17) is 19.3 Å². The van der Waals surface area contributed by atoms with Crippen molar-refractivity contribution in [1.82, 2.24) is 0 Å². The lowest BCUT2D eigenvalue weighted by Gasteiger charge is -2.33. The Morgan fingerprint density at radius 1 is 0.973 bits per heavy atom. The molecule has 7 heteroatoms. The summed E-state index contributed by atoms with van der Waals surface area (Å²) in [4.78, 5) is 10.9. The van der Waals surface area contributed by atoms with E-state index >= 15 is 0 Å². The van der Waals surface area contributed by atoms with Crippen LogP contribution in [0.25, 0.3) is 11.1 Å². The van der Waals surface area contributed by atoms with Crippen LogP contribution >= 0.6 is 0 Å². The topological polar surface area (TPSA) is 65.0 Å². The minimum atomic E-state index is -0.991. The summed E-state index contributed by atoms with van der Waals surface area (Å²) in [7, 11) is 1.61. The van der Waals surface area contributed by atoms with E-state index in [1.54, 1.807) is 37.4 Å². The normalized spacial score (nSPS) is 12.4. The molecule has 3 rings (SSSR count). The van der Waals surface area contributed by atoms with Crippen molar-refractivity contribution in [1.29, 1.82) is 0 Å². The van der Waals surface area contributed by atoms with E-state index in [0.717, 1.165) is 11.1 Å². The molecular weight excluding hydrogens is 478 g/mol. The molecule has 0 aliphatic heterocycles. The van der Waals surface area contributed by atoms with Crippen LogP contribution in [-0.2, 0) is 27.3 Å². The third kappa shape index (κ3) is 7.60. The van der Waals surface area contributed by atoms with Crippen LogP contribution in [-0.4, -0.2) is 31.4 Å². The Balaban J connectivity index is 1.96. The first-order valence-corrected chi connectivity index (χ1v) is 12.2. The zero-order chi connectivity index (χ0) is 27.0. The maximum Gasteiger partial charge on any atom is 0.303 e. The van der Waals surface area contributed by atoms with Gasteiger partial charge in [-0.05, 0) is 52.3 Å². The molecule has 0 amide bonds. The second-order valence-corrected chi connectivity index (χ2v) is 9.92. The van der Waals surface area contributed by atoms with Crippen molar-refractivity contribution in [3.8, 4) is 16.9 Å². The van der Waals surface area contributed by atoms with Gasteiger partial charge in [-0.3, -0.25) is 4.79 Å². The lowest BCUT2D eigenvalue weighted by Crippen LogP contribution is -2.24. The number of benzene rings is 3. The number of aliphatic carboxylic acids is 1. The molecule has 0 radical (unpaired) electrons. The Morgan fingerprint density at radius 3 is 2.41 bits per heavy atom. The molecule has 1 unspecified atom stereocenters. The van der Waals surface area contributed by atoms with Gasteiger partial charge in [0.25, 0.3) is 0 Å². The summed E-state index contributed by atoms with van der Waals surface area (Å²) in [6, 6.07) is 16.9.